The first-order valence-corrected chi connectivity index (χ1v) is 10.1. The van der Waals surface area contributed by atoms with Crippen molar-refractivity contribution in [2.45, 2.75) is 50.6 Å². The number of amides is 2. The SMILES string of the molecule is COc1cccc(N2CC(NC(=O)C3CC4CCCC(C3)C4N)CC2=O)c1. The van der Waals surface area contributed by atoms with Crippen LogP contribution < -0.4 is 20.7 Å². The highest BCUT2D eigenvalue weighted by Gasteiger charge is 2.41. The summed E-state index contributed by atoms with van der Waals surface area (Å²) in [6.07, 6.45) is 5.67. The van der Waals surface area contributed by atoms with Crippen LogP contribution in [0, 0.1) is 17.8 Å². The number of benzene rings is 1. The van der Waals surface area contributed by atoms with E-state index in [1.165, 1.54) is 6.42 Å². The summed E-state index contributed by atoms with van der Waals surface area (Å²) in [6, 6.07) is 7.61. The Hall–Kier alpha value is -2.08. The quantitative estimate of drug-likeness (QED) is 0.849. The van der Waals surface area contributed by atoms with Crippen molar-refractivity contribution in [1.29, 1.82) is 0 Å². The molecule has 1 aliphatic heterocycles. The van der Waals surface area contributed by atoms with Gasteiger partial charge >= 0.3 is 0 Å². The van der Waals surface area contributed by atoms with Crippen LogP contribution in [-0.4, -0.2) is 37.6 Å². The Morgan fingerprint density at radius 1 is 1.26 bits per heavy atom. The predicted octanol–water partition coefficient (Wildman–Crippen LogP) is 2.07. The molecule has 2 saturated carbocycles. The van der Waals surface area contributed by atoms with Crippen LogP contribution in [0.2, 0.25) is 0 Å². The van der Waals surface area contributed by atoms with Crippen LogP contribution in [0.1, 0.15) is 38.5 Å². The van der Waals surface area contributed by atoms with E-state index in [4.69, 9.17) is 10.5 Å². The van der Waals surface area contributed by atoms with E-state index in [9.17, 15) is 9.59 Å². The normalized spacial score (nSPS) is 33.0. The number of ether oxygens (including phenoxy) is 1. The molecule has 27 heavy (non-hydrogen) atoms. The number of rotatable bonds is 4. The maximum absolute atomic E-state index is 12.8. The van der Waals surface area contributed by atoms with Gasteiger partial charge in [-0.05, 0) is 49.7 Å². The average Bonchev–Trinajstić information content (AvgIpc) is 3.01. The first kappa shape index (κ1) is 18.3. The van der Waals surface area contributed by atoms with Crippen molar-refractivity contribution < 1.29 is 14.3 Å². The second-order valence-corrected chi connectivity index (χ2v) is 8.31. The zero-order valence-corrected chi connectivity index (χ0v) is 15.9. The number of carbonyl (C=O) groups excluding carboxylic acids is 2. The van der Waals surface area contributed by atoms with Crippen LogP contribution in [0.25, 0.3) is 0 Å². The van der Waals surface area contributed by atoms with E-state index in [2.05, 4.69) is 5.32 Å². The minimum atomic E-state index is -0.133. The molecule has 1 saturated heterocycles. The first-order valence-electron chi connectivity index (χ1n) is 10.1. The fourth-order valence-corrected chi connectivity index (χ4v) is 5.15. The molecule has 146 valence electrons. The second-order valence-electron chi connectivity index (χ2n) is 8.31. The molecule has 0 aromatic heterocycles. The van der Waals surface area contributed by atoms with Crippen LogP contribution in [0.4, 0.5) is 5.69 Å². The molecular formula is C21H29N3O3. The third-order valence-corrected chi connectivity index (χ3v) is 6.62. The minimum Gasteiger partial charge on any atom is -0.497 e. The number of nitrogens with two attached hydrogens (primary N) is 1. The van der Waals surface area contributed by atoms with Gasteiger partial charge < -0.3 is 20.7 Å². The maximum atomic E-state index is 12.8. The summed E-state index contributed by atoms with van der Waals surface area (Å²) in [4.78, 5) is 27.0. The van der Waals surface area contributed by atoms with Crippen molar-refractivity contribution in [3.8, 4) is 5.75 Å². The Kier molecular flexibility index (Phi) is 5.08. The highest BCUT2D eigenvalue weighted by Crippen LogP contribution is 2.42. The van der Waals surface area contributed by atoms with E-state index >= 15 is 0 Å². The number of fused-ring (bicyclic) bond motifs is 2. The predicted molar refractivity (Wildman–Crippen MR) is 103 cm³/mol. The van der Waals surface area contributed by atoms with E-state index < -0.39 is 0 Å². The van der Waals surface area contributed by atoms with Crippen molar-refractivity contribution in [2.24, 2.45) is 23.5 Å². The Bertz CT molecular complexity index is 708. The van der Waals surface area contributed by atoms with E-state index in [0.29, 0.717) is 24.8 Å². The molecule has 3 aliphatic rings. The molecule has 3 fully saturated rings. The van der Waals surface area contributed by atoms with E-state index in [-0.39, 0.29) is 29.8 Å². The Labute approximate surface area is 160 Å². The third-order valence-electron chi connectivity index (χ3n) is 6.62. The van der Waals surface area contributed by atoms with Crippen molar-refractivity contribution in [3.63, 3.8) is 0 Å². The highest BCUT2D eigenvalue weighted by molar-refractivity contribution is 5.97. The molecule has 1 aromatic carbocycles. The number of anilines is 1. The zero-order chi connectivity index (χ0) is 19.0. The molecule has 2 aliphatic carbocycles. The molecule has 2 amide bonds. The summed E-state index contributed by atoms with van der Waals surface area (Å²) in [7, 11) is 1.61. The van der Waals surface area contributed by atoms with E-state index in [1.807, 2.05) is 24.3 Å². The molecule has 6 nitrogen and oxygen atoms in total. The van der Waals surface area contributed by atoms with Crippen LogP contribution in [0.5, 0.6) is 5.75 Å². The summed E-state index contributed by atoms with van der Waals surface area (Å²) in [5.41, 5.74) is 7.16. The third kappa shape index (κ3) is 3.68. The molecule has 0 spiro atoms. The molecule has 1 heterocycles. The monoisotopic (exact) mass is 371 g/mol. The molecule has 3 unspecified atom stereocenters. The average molecular weight is 371 g/mol. The fourth-order valence-electron chi connectivity index (χ4n) is 5.15. The molecule has 0 radical (unpaired) electrons. The number of hydrogen-bond donors (Lipinski definition) is 2. The lowest BCUT2D eigenvalue weighted by Crippen LogP contribution is -2.50. The summed E-state index contributed by atoms with van der Waals surface area (Å²) in [6.45, 7) is 0.511. The van der Waals surface area contributed by atoms with Crippen molar-refractivity contribution in [3.05, 3.63) is 24.3 Å². The summed E-state index contributed by atoms with van der Waals surface area (Å²) in [5.74, 6) is 1.86. The lowest BCUT2D eigenvalue weighted by molar-refractivity contribution is -0.128. The van der Waals surface area contributed by atoms with Crippen LogP contribution >= 0.6 is 0 Å². The lowest BCUT2D eigenvalue weighted by Gasteiger charge is -2.43. The standard InChI is InChI=1S/C21H29N3O3/c1-27-18-7-3-6-17(11-18)24-12-16(10-19(24)25)23-21(26)15-8-13-4-2-5-14(9-15)20(13)22/h3,6-7,11,13-16,20H,2,4-5,8-10,12,22H2,1H3,(H,23,26). The fraction of sp³-hybridized carbons (Fsp3) is 0.619. The van der Waals surface area contributed by atoms with Crippen molar-refractivity contribution in [2.75, 3.05) is 18.6 Å². The van der Waals surface area contributed by atoms with Crippen LogP contribution in [0.15, 0.2) is 24.3 Å². The van der Waals surface area contributed by atoms with Gasteiger partial charge in [0.1, 0.15) is 5.75 Å². The summed E-state index contributed by atoms with van der Waals surface area (Å²) in [5, 5.41) is 3.14. The minimum absolute atomic E-state index is 0.0380. The van der Waals surface area contributed by atoms with Gasteiger partial charge in [-0.3, -0.25) is 9.59 Å². The van der Waals surface area contributed by atoms with Crippen molar-refractivity contribution in [1.82, 2.24) is 5.32 Å². The lowest BCUT2D eigenvalue weighted by atomic mass is 9.65. The number of nitrogens with one attached hydrogen (secondary N) is 1. The van der Waals surface area contributed by atoms with Crippen molar-refractivity contribution >= 4 is 17.5 Å². The highest BCUT2D eigenvalue weighted by atomic mass is 16.5. The molecular weight excluding hydrogens is 342 g/mol. The molecule has 2 bridgehead atoms. The molecule has 1 aromatic rings. The Morgan fingerprint density at radius 2 is 2.00 bits per heavy atom. The van der Waals surface area contributed by atoms with Gasteiger partial charge in [0.15, 0.2) is 0 Å². The van der Waals surface area contributed by atoms with Crippen LogP contribution in [-0.2, 0) is 9.59 Å². The first-order chi connectivity index (χ1) is 13.0. The number of nitrogens with zero attached hydrogens (tertiary/aromatic N) is 1. The largest absolute Gasteiger partial charge is 0.497 e. The van der Waals surface area contributed by atoms with Gasteiger partial charge in [-0.2, -0.15) is 0 Å². The van der Waals surface area contributed by atoms with E-state index in [0.717, 1.165) is 37.1 Å². The van der Waals surface area contributed by atoms with Gasteiger partial charge in [0.25, 0.3) is 0 Å². The topological polar surface area (TPSA) is 84.7 Å². The molecule has 3 N–H and O–H groups in total. The van der Waals surface area contributed by atoms with Gasteiger partial charge in [0.2, 0.25) is 11.8 Å². The Balaban J connectivity index is 1.37. The molecule has 4 rings (SSSR count). The van der Waals surface area contributed by atoms with Gasteiger partial charge in [0.05, 0.1) is 13.2 Å². The molecule has 3 atom stereocenters. The summed E-state index contributed by atoms with van der Waals surface area (Å²) >= 11 is 0. The smallest absolute Gasteiger partial charge is 0.229 e. The number of carbonyl (C=O) groups is 2. The zero-order valence-electron chi connectivity index (χ0n) is 15.9. The van der Waals surface area contributed by atoms with E-state index in [1.54, 1.807) is 12.0 Å². The maximum Gasteiger partial charge on any atom is 0.229 e. The number of hydrogen-bond acceptors (Lipinski definition) is 4. The Morgan fingerprint density at radius 3 is 2.70 bits per heavy atom. The second kappa shape index (κ2) is 7.50. The van der Waals surface area contributed by atoms with Gasteiger partial charge in [-0.25, -0.2) is 0 Å². The summed E-state index contributed by atoms with van der Waals surface area (Å²) < 4.78 is 5.25. The van der Waals surface area contributed by atoms with Gasteiger partial charge in [0, 0.05) is 36.7 Å². The van der Waals surface area contributed by atoms with Gasteiger partial charge in [-0.15, -0.1) is 0 Å². The van der Waals surface area contributed by atoms with Gasteiger partial charge in [-0.1, -0.05) is 12.5 Å². The molecule has 6 heteroatoms. The number of methoxy groups -OCH3 is 1. The van der Waals surface area contributed by atoms with Crippen LogP contribution in [0.3, 0.4) is 0 Å².